The first kappa shape index (κ1) is 17.1. The van der Waals surface area contributed by atoms with Gasteiger partial charge in [0.1, 0.15) is 4.88 Å². The number of aryl methyl sites for hydroxylation is 3. The molecule has 0 atom stereocenters. The van der Waals surface area contributed by atoms with Crippen LogP contribution in [-0.2, 0) is 13.5 Å². The molecule has 3 rings (SSSR count). The Bertz CT molecular complexity index is 680. The second-order valence-electron chi connectivity index (χ2n) is 6.38. The topological polar surface area (TPSA) is 54.3 Å². The Morgan fingerprint density at radius 1 is 1.29 bits per heavy atom. The van der Waals surface area contributed by atoms with Crippen molar-refractivity contribution in [3.05, 3.63) is 34.0 Å². The van der Waals surface area contributed by atoms with Gasteiger partial charge < -0.3 is 9.80 Å². The number of hydrogen-bond donors (Lipinski definition) is 0. The molecule has 0 N–H and O–H groups in total. The lowest BCUT2D eigenvalue weighted by molar-refractivity contribution is 0.0765. The lowest BCUT2D eigenvalue weighted by atomic mass is 10.2. The zero-order valence-corrected chi connectivity index (χ0v) is 15.3. The summed E-state index contributed by atoms with van der Waals surface area (Å²) in [5.41, 5.74) is 3.90. The van der Waals surface area contributed by atoms with E-state index in [1.165, 1.54) is 16.9 Å². The summed E-state index contributed by atoms with van der Waals surface area (Å²) in [5.74, 6) is 0.146. The highest BCUT2D eigenvalue weighted by Gasteiger charge is 2.22. The number of carbonyl (C=O) groups is 1. The third kappa shape index (κ3) is 4.21. The van der Waals surface area contributed by atoms with Crippen molar-refractivity contribution in [3.8, 4) is 0 Å². The largest absolute Gasteiger partial charge is 0.337 e. The third-order valence-electron chi connectivity index (χ3n) is 4.51. The van der Waals surface area contributed by atoms with Crippen LogP contribution in [0.4, 0.5) is 0 Å². The van der Waals surface area contributed by atoms with Crippen LogP contribution < -0.4 is 0 Å². The normalized spacial score (nSPS) is 16.3. The molecule has 130 valence electrons. The van der Waals surface area contributed by atoms with E-state index in [-0.39, 0.29) is 5.91 Å². The fourth-order valence-electron chi connectivity index (χ4n) is 3.16. The number of amides is 1. The Labute approximate surface area is 147 Å². The number of rotatable bonds is 5. The van der Waals surface area contributed by atoms with E-state index < -0.39 is 0 Å². The zero-order valence-electron chi connectivity index (χ0n) is 14.4. The Morgan fingerprint density at radius 3 is 2.88 bits per heavy atom. The van der Waals surface area contributed by atoms with Gasteiger partial charge in [-0.1, -0.05) is 0 Å². The molecule has 7 heteroatoms. The summed E-state index contributed by atoms with van der Waals surface area (Å²) >= 11 is 1.45. The average Bonchev–Trinajstić information content (AvgIpc) is 3.09. The monoisotopic (exact) mass is 347 g/mol. The van der Waals surface area contributed by atoms with Gasteiger partial charge in [-0.2, -0.15) is 5.10 Å². The minimum atomic E-state index is 0.146. The van der Waals surface area contributed by atoms with E-state index in [0.717, 1.165) is 62.6 Å². The summed E-state index contributed by atoms with van der Waals surface area (Å²) in [7, 11) is 1.95. The van der Waals surface area contributed by atoms with Crippen molar-refractivity contribution in [2.45, 2.75) is 26.2 Å². The van der Waals surface area contributed by atoms with Crippen molar-refractivity contribution in [2.75, 3.05) is 32.7 Å². The Morgan fingerprint density at radius 2 is 2.17 bits per heavy atom. The molecule has 1 aliphatic rings. The van der Waals surface area contributed by atoms with Gasteiger partial charge in [0.2, 0.25) is 0 Å². The van der Waals surface area contributed by atoms with Crippen LogP contribution in [0, 0.1) is 6.92 Å². The Kier molecular flexibility index (Phi) is 5.63. The summed E-state index contributed by atoms with van der Waals surface area (Å²) in [6, 6.07) is 0. The van der Waals surface area contributed by atoms with Gasteiger partial charge in [0.05, 0.1) is 17.4 Å². The molecule has 2 aromatic rings. The van der Waals surface area contributed by atoms with E-state index in [1.54, 1.807) is 5.51 Å². The second kappa shape index (κ2) is 7.90. The highest BCUT2D eigenvalue weighted by Crippen LogP contribution is 2.16. The maximum absolute atomic E-state index is 12.6. The molecule has 0 radical (unpaired) electrons. The molecule has 1 saturated heterocycles. The number of carbonyl (C=O) groups excluding carboxylic acids is 1. The predicted octanol–water partition coefficient (Wildman–Crippen LogP) is 1.97. The van der Waals surface area contributed by atoms with E-state index in [0.29, 0.717) is 0 Å². The van der Waals surface area contributed by atoms with Gasteiger partial charge in [-0.3, -0.25) is 9.48 Å². The lowest BCUT2D eigenvalue weighted by Gasteiger charge is -2.21. The van der Waals surface area contributed by atoms with Crippen molar-refractivity contribution in [1.29, 1.82) is 0 Å². The van der Waals surface area contributed by atoms with Crippen LogP contribution >= 0.6 is 11.3 Å². The summed E-state index contributed by atoms with van der Waals surface area (Å²) in [6.45, 7) is 6.66. The highest BCUT2D eigenvalue weighted by molar-refractivity contribution is 7.11. The van der Waals surface area contributed by atoms with E-state index in [2.05, 4.69) is 21.2 Å². The maximum Gasteiger partial charge on any atom is 0.265 e. The van der Waals surface area contributed by atoms with Crippen LogP contribution in [-0.4, -0.2) is 63.2 Å². The molecule has 0 aromatic carbocycles. The minimum Gasteiger partial charge on any atom is -0.337 e. The predicted molar refractivity (Wildman–Crippen MR) is 95.3 cm³/mol. The van der Waals surface area contributed by atoms with E-state index >= 15 is 0 Å². The van der Waals surface area contributed by atoms with Crippen molar-refractivity contribution in [1.82, 2.24) is 24.6 Å². The second-order valence-corrected chi connectivity index (χ2v) is 7.23. The first-order valence-corrected chi connectivity index (χ1v) is 9.40. The molecule has 1 amide bonds. The number of hydrogen-bond acceptors (Lipinski definition) is 5. The van der Waals surface area contributed by atoms with Crippen LogP contribution in [0.5, 0.6) is 0 Å². The van der Waals surface area contributed by atoms with Gasteiger partial charge in [0, 0.05) is 32.9 Å². The summed E-state index contributed by atoms with van der Waals surface area (Å²) in [5, 5.41) is 4.21. The standard InChI is InChI=1S/C17H25N5OS/c1-14-16(24-13-18-14)17(23)22-8-4-7-21(9-10-22)6-3-5-15-11-19-20(2)12-15/h11-13H,3-10H2,1-2H3. The smallest absolute Gasteiger partial charge is 0.265 e. The molecule has 0 bridgehead atoms. The first-order valence-electron chi connectivity index (χ1n) is 8.53. The molecular weight excluding hydrogens is 322 g/mol. The van der Waals surface area contributed by atoms with E-state index in [9.17, 15) is 4.79 Å². The van der Waals surface area contributed by atoms with Crippen molar-refractivity contribution >= 4 is 17.2 Å². The fourth-order valence-corrected chi connectivity index (χ4v) is 3.93. The molecule has 24 heavy (non-hydrogen) atoms. The van der Waals surface area contributed by atoms with Gasteiger partial charge in [-0.25, -0.2) is 4.98 Å². The lowest BCUT2D eigenvalue weighted by Crippen LogP contribution is -2.35. The van der Waals surface area contributed by atoms with Crippen LogP contribution in [0.3, 0.4) is 0 Å². The van der Waals surface area contributed by atoms with Crippen molar-refractivity contribution in [3.63, 3.8) is 0 Å². The van der Waals surface area contributed by atoms with E-state index in [4.69, 9.17) is 0 Å². The summed E-state index contributed by atoms with van der Waals surface area (Å²) < 4.78 is 1.85. The molecule has 2 aromatic heterocycles. The first-order chi connectivity index (χ1) is 11.6. The molecule has 0 aliphatic carbocycles. The quantitative estimate of drug-likeness (QED) is 0.830. The van der Waals surface area contributed by atoms with E-state index in [1.807, 2.05) is 29.7 Å². The number of aromatic nitrogens is 3. The van der Waals surface area contributed by atoms with Crippen molar-refractivity contribution in [2.24, 2.45) is 7.05 Å². The summed E-state index contributed by atoms with van der Waals surface area (Å²) in [6.07, 6.45) is 7.26. The number of nitrogens with zero attached hydrogens (tertiary/aromatic N) is 5. The average molecular weight is 347 g/mol. The highest BCUT2D eigenvalue weighted by atomic mass is 32.1. The SMILES string of the molecule is Cc1ncsc1C(=O)N1CCCN(CCCc2cnn(C)c2)CC1. The Hall–Kier alpha value is -1.73. The Balaban J connectivity index is 1.46. The molecule has 0 saturated carbocycles. The minimum absolute atomic E-state index is 0.146. The van der Waals surface area contributed by atoms with Crippen LogP contribution in [0.1, 0.15) is 33.8 Å². The fraction of sp³-hybridized carbons (Fsp3) is 0.588. The molecule has 0 spiro atoms. The van der Waals surface area contributed by atoms with Crippen LogP contribution in [0.15, 0.2) is 17.9 Å². The van der Waals surface area contributed by atoms with Gasteiger partial charge >= 0.3 is 0 Å². The molecular formula is C17H25N5OS. The van der Waals surface area contributed by atoms with Gasteiger partial charge in [-0.15, -0.1) is 11.3 Å². The van der Waals surface area contributed by atoms with Gasteiger partial charge in [-0.05, 0) is 44.8 Å². The molecule has 3 heterocycles. The third-order valence-corrected chi connectivity index (χ3v) is 5.43. The van der Waals surface area contributed by atoms with Gasteiger partial charge in [0.15, 0.2) is 0 Å². The molecule has 1 aliphatic heterocycles. The molecule has 0 unspecified atom stereocenters. The van der Waals surface area contributed by atoms with Gasteiger partial charge in [0.25, 0.3) is 5.91 Å². The molecule has 6 nitrogen and oxygen atoms in total. The summed E-state index contributed by atoms with van der Waals surface area (Å²) in [4.78, 5) is 22.1. The van der Waals surface area contributed by atoms with Crippen LogP contribution in [0.25, 0.3) is 0 Å². The number of thiazole rings is 1. The van der Waals surface area contributed by atoms with Crippen LogP contribution in [0.2, 0.25) is 0 Å². The zero-order chi connectivity index (χ0) is 16.9. The van der Waals surface area contributed by atoms with Crippen molar-refractivity contribution < 1.29 is 4.79 Å². The molecule has 1 fully saturated rings. The maximum atomic E-state index is 12.6.